The molecule has 3 N–H and O–H groups in total. The molecule has 0 radical (unpaired) electrons. The van der Waals surface area contributed by atoms with Crippen LogP contribution in [0.3, 0.4) is 0 Å². The molecular formula is C15H16O3. The van der Waals surface area contributed by atoms with Gasteiger partial charge < -0.3 is 15.3 Å². The summed E-state index contributed by atoms with van der Waals surface area (Å²) in [5, 5.41) is 29.1. The van der Waals surface area contributed by atoms with Crippen LogP contribution in [0, 0.1) is 20.8 Å². The first kappa shape index (κ1) is 12.3. The number of phenols is 3. The minimum Gasteiger partial charge on any atom is -0.508 e. The van der Waals surface area contributed by atoms with Crippen molar-refractivity contribution < 1.29 is 15.3 Å². The Hall–Kier alpha value is -2.16. The maximum atomic E-state index is 9.99. The van der Waals surface area contributed by atoms with Crippen LogP contribution in [0.1, 0.15) is 16.7 Å². The van der Waals surface area contributed by atoms with Gasteiger partial charge in [-0.15, -0.1) is 0 Å². The van der Waals surface area contributed by atoms with Gasteiger partial charge in [0.25, 0.3) is 0 Å². The third kappa shape index (κ3) is 1.99. The molecule has 2 rings (SSSR count). The smallest absolute Gasteiger partial charge is 0.122 e. The molecule has 2 aromatic rings. The SMILES string of the molecule is Cc1cc(C)c(-c2cc(O)cc(O)c2)c(C)c1O. The Balaban J connectivity index is 2.75. The highest BCUT2D eigenvalue weighted by atomic mass is 16.3. The van der Waals surface area contributed by atoms with Gasteiger partial charge in [-0.25, -0.2) is 0 Å². The summed E-state index contributed by atoms with van der Waals surface area (Å²) in [7, 11) is 0. The monoisotopic (exact) mass is 244 g/mol. The number of hydrogen-bond acceptors (Lipinski definition) is 3. The first-order chi connectivity index (χ1) is 8.40. The van der Waals surface area contributed by atoms with Gasteiger partial charge in [-0.05, 0) is 60.7 Å². The maximum absolute atomic E-state index is 9.99. The molecule has 2 aromatic carbocycles. The molecule has 0 saturated heterocycles. The molecule has 0 atom stereocenters. The second-order valence-electron chi connectivity index (χ2n) is 4.60. The van der Waals surface area contributed by atoms with Gasteiger partial charge in [0.1, 0.15) is 17.2 Å². The molecule has 0 unspecified atom stereocenters. The molecule has 0 aliphatic rings. The third-order valence-corrected chi connectivity index (χ3v) is 3.12. The summed E-state index contributed by atoms with van der Waals surface area (Å²) in [5.41, 5.74) is 4.09. The van der Waals surface area contributed by atoms with Gasteiger partial charge in [0.2, 0.25) is 0 Å². The summed E-state index contributed by atoms with van der Waals surface area (Å²) in [5.74, 6) is 0.256. The molecule has 3 heteroatoms. The van der Waals surface area contributed by atoms with Crippen molar-refractivity contribution in [2.75, 3.05) is 0 Å². The quantitative estimate of drug-likeness (QED) is 0.720. The Bertz CT molecular complexity index is 595. The topological polar surface area (TPSA) is 60.7 Å². The molecule has 0 bridgehead atoms. The fraction of sp³-hybridized carbons (Fsp3) is 0.200. The average molecular weight is 244 g/mol. The predicted octanol–water partition coefficient (Wildman–Crippen LogP) is 3.40. The van der Waals surface area contributed by atoms with Crippen molar-refractivity contribution >= 4 is 0 Å². The van der Waals surface area contributed by atoms with E-state index in [-0.39, 0.29) is 17.2 Å². The summed E-state index contributed by atoms with van der Waals surface area (Å²) in [6.45, 7) is 5.61. The van der Waals surface area contributed by atoms with E-state index in [1.165, 1.54) is 6.07 Å². The van der Waals surface area contributed by atoms with E-state index in [1.54, 1.807) is 12.1 Å². The van der Waals surface area contributed by atoms with E-state index in [1.807, 2.05) is 26.8 Å². The lowest BCUT2D eigenvalue weighted by Crippen LogP contribution is -1.91. The Morgan fingerprint density at radius 2 is 1.28 bits per heavy atom. The van der Waals surface area contributed by atoms with Crippen molar-refractivity contribution in [3.05, 3.63) is 41.0 Å². The standard InChI is InChI=1S/C15H16O3/c1-8-4-9(2)15(18)10(3)14(8)11-5-12(16)7-13(17)6-11/h4-7,16-18H,1-3H3. The van der Waals surface area contributed by atoms with Crippen molar-refractivity contribution in [3.8, 4) is 28.4 Å². The number of aromatic hydroxyl groups is 3. The van der Waals surface area contributed by atoms with E-state index >= 15 is 0 Å². The molecule has 0 fully saturated rings. The number of hydrogen-bond donors (Lipinski definition) is 3. The van der Waals surface area contributed by atoms with E-state index in [0.717, 1.165) is 22.3 Å². The number of phenolic OH excluding ortho intramolecular Hbond substituents is 3. The fourth-order valence-electron chi connectivity index (χ4n) is 2.36. The van der Waals surface area contributed by atoms with Crippen molar-refractivity contribution in [1.29, 1.82) is 0 Å². The van der Waals surface area contributed by atoms with Crippen LogP contribution in [0.25, 0.3) is 11.1 Å². The molecule has 0 aromatic heterocycles. The van der Waals surface area contributed by atoms with Gasteiger partial charge in [0, 0.05) is 6.07 Å². The molecule has 94 valence electrons. The molecule has 0 heterocycles. The van der Waals surface area contributed by atoms with Crippen LogP contribution < -0.4 is 0 Å². The van der Waals surface area contributed by atoms with Crippen LogP contribution in [0.15, 0.2) is 24.3 Å². The van der Waals surface area contributed by atoms with E-state index in [2.05, 4.69) is 0 Å². The first-order valence-corrected chi connectivity index (χ1v) is 5.73. The highest BCUT2D eigenvalue weighted by molar-refractivity contribution is 5.76. The van der Waals surface area contributed by atoms with Crippen LogP contribution in [-0.4, -0.2) is 15.3 Å². The Morgan fingerprint density at radius 1 is 0.722 bits per heavy atom. The second-order valence-corrected chi connectivity index (χ2v) is 4.60. The Morgan fingerprint density at radius 3 is 1.83 bits per heavy atom. The van der Waals surface area contributed by atoms with E-state index in [9.17, 15) is 15.3 Å². The van der Waals surface area contributed by atoms with Gasteiger partial charge in [0.05, 0.1) is 0 Å². The van der Waals surface area contributed by atoms with Crippen molar-refractivity contribution in [2.24, 2.45) is 0 Å². The van der Waals surface area contributed by atoms with Crippen molar-refractivity contribution in [1.82, 2.24) is 0 Å². The zero-order chi connectivity index (χ0) is 13.4. The lowest BCUT2D eigenvalue weighted by Gasteiger charge is -2.14. The first-order valence-electron chi connectivity index (χ1n) is 5.73. The zero-order valence-electron chi connectivity index (χ0n) is 10.7. The number of rotatable bonds is 1. The van der Waals surface area contributed by atoms with E-state index in [4.69, 9.17) is 0 Å². The van der Waals surface area contributed by atoms with E-state index < -0.39 is 0 Å². The van der Waals surface area contributed by atoms with Crippen LogP contribution >= 0.6 is 0 Å². The average Bonchev–Trinajstić information content (AvgIpc) is 2.24. The van der Waals surface area contributed by atoms with Gasteiger partial charge in [0.15, 0.2) is 0 Å². The minimum absolute atomic E-state index is 0.00358. The summed E-state index contributed by atoms with van der Waals surface area (Å²) >= 11 is 0. The van der Waals surface area contributed by atoms with E-state index in [0.29, 0.717) is 5.56 Å². The minimum atomic E-state index is 0.00358. The van der Waals surface area contributed by atoms with Gasteiger partial charge >= 0.3 is 0 Å². The van der Waals surface area contributed by atoms with Crippen LogP contribution in [0.4, 0.5) is 0 Å². The summed E-state index contributed by atoms with van der Waals surface area (Å²) < 4.78 is 0. The van der Waals surface area contributed by atoms with Crippen LogP contribution in [0.5, 0.6) is 17.2 Å². The normalized spacial score (nSPS) is 10.6. The van der Waals surface area contributed by atoms with Gasteiger partial charge in [-0.2, -0.15) is 0 Å². The lowest BCUT2D eigenvalue weighted by atomic mass is 9.92. The lowest BCUT2D eigenvalue weighted by molar-refractivity contribution is 0.451. The van der Waals surface area contributed by atoms with Gasteiger partial charge in [-0.3, -0.25) is 0 Å². The number of aryl methyl sites for hydroxylation is 2. The van der Waals surface area contributed by atoms with Crippen LogP contribution in [0.2, 0.25) is 0 Å². The third-order valence-electron chi connectivity index (χ3n) is 3.12. The molecule has 0 amide bonds. The second kappa shape index (κ2) is 4.26. The Labute approximate surface area is 106 Å². The summed E-state index contributed by atoms with van der Waals surface area (Å²) in [6.07, 6.45) is 0. The molecule has 0 aliphatic carbocycles. The molecular weight excluding hydrogens is 228 g/mol. The molecule has 0 aliphatic heterocycles. The summed E-state index contributed by atoms with van der Waals surface area (Å²) in [4.78, 5) is 0. The van der Waals surface area contributed by atoms with Crippen molar-refractivity contribution in [3.63, 3.8) is 0 Å². The molecule has 0 saturated carbocycles. The number of benzene rings is 2. The van der Waals surface area contributed by atoms with Crippen LogP contribution in [-0.2, 0) is 0 Å². The molecule has 18 heavy (non-hydrogen) atoms. The highest BCUT2D eigenvalue weighted by Gasteiger charge is 2.13. The maximum Gasteiger partial charge on any atom is 0.122 e. The molecule has 3 nitrogen and oxygen atoms in total. The fourth-order valence-corrected chi connectivity index (χ4v) is 2.36. The predicted molar refractivity (Wildman–Crippen MR) is 71.1 cm³/mol. The largest absolute Gasteiger partial charge is 0.508 e. The van der Waals surface area contributed by atoms with Crippen molar-refractivity contribution in [2.45, 2.75) is 20.8 Å². The Kier molecular flexibility index (Phi) is 2.91. The highest BCUT2D eigenvalue weighted by Crippen LogP contribution is 2.37. The summed E-state index contributed by atoms with van der Waals surface area (Å²) in [6, 6.07) is 6.31. The zero-order valence-corrected chi connectivity index (χ0v) is 10.7. The van der Waals surface area contributed by atoms with Gasteiger partial charge in [-0.1, -0.05) is 6.07 Å². The molecule has 0 spiro atoms.